The molecule has 0 atom stereocenters. The van der Waals surface area contributed by atoms with Gasteiger partial charge in [-0.15, -0.1) is 0 Å². The molecule has 3 rings (SSSR count). The molecule has 4 nitrogen and oxygen atoms in total. The number of ether oxygens (including phenoxy) is 2. The van der Waals surface area contributed by atoms with E-state index >= 15 is 0 Å². The minimum absolute atomic E-state index is 0.704. The Morgan fingerprint density at radius 1 is 0.682 bits per heavy atom. The summed E-state index contributed by atoms with van der Waals surface area (Å²) in [5, 5.41) is 0. The van der Waals surface area contributed by atoms with Gasteiger partial charge in [-0.05, 0) is 60.7 Å². The van der Waals surface area contributed by atoms with E-state index < -0.39 is 0 Å². The van der Waals surface area contributed by atoms with Gasteiger partial charge in [0.15, 0.2) is 4.77 Å². The predicted molar refractivity (Wildman–Crippen MR) is 89.0 cm³/mol. The lowest BCUT2D eigenvalue weighted by atomic mass is 10.3. The summed E-state index contributed by atoms with van der Waals surface area (Å²) in [6, 6.07) is 15.6. The van der Waals surface area contributed by atoms with Crippen molar-refractivity contribution in [3.63, 3.8) is 0 Å². The summed E-state index contributed by atoms with van der Waals surface area (Å²) in [6.45, 7) is 0. The standard InChI is InChI=1S/C17H16N2O2S/c1-20-15-7-3-13(4-8-15)18-11-12-19(17(18)22)14-5-9-16(21-2)10-6-14/h3-12H,1-2H3. The highest BCUT2D eigenvalue weighted by molar-refractivity contribution is 7.71. The van der Waals surface area contributed by atoms with Crippen molar-refractivity contribution in [1.82, 2.24) is 9.13 Å². The first-order valence-corrected chi connectivity index (χ1v) is 7.22. The zero-order chi connectivity index (χ0) is 15.5. The number of nitrogens with zero attached hydrogens (tertiary/aromatic N) is 2. The van der Waals surface area contributed by atoms with Crippen molar-refractivity contribution in [3.8, 4) is 22.9 Å². The summed E-state index contributed by atoms with van der Waals surface area (Å²) in [5.74, 6) is 1.65. The van der Waals surface area contributed by atoms with E-state index in [0.29, 0.717) is 4.77 Å². The molecule has 1 heterocycles. The van der Waals surface area contributed by atoms with Crippen LogP contribution < -0.4 is 9.47 Å². The smallest absolute Gasteiger partial charge is 0.189 e. The summed E-state index contributed by atoms with van der Waals surface area (Å²) in [7, 11) is 3.31. The molecule has 0 amide bonds. The number of hydrogen-bond donors (Lipinski definition) is 0. The molecule has 0 spiro atoms. The molecule has 0 N–H and O–H groups in total. The van der Waals surface area contributed by atoms with Crippen molar-refractivity contribution in [3.05, 3.63) is 65.7 Å². The van der Waals surface area contributed by atoms with Gasteiger partial charge in [-0.2, -0.15) is 0 Å². The van der Waals surface area contributed by atoms with E-state index in [2.05, 4.69) is 0 Å². The second-order valence-corrected chi connectivity index (χ2v) is 5.08. The average Bonchev–Trinajstić information content (AvgIpc) is 2.96. The Bertz CT molecular complexity index is 749. The number of imidazole rings is 1. The third kappa shape index (κ3) is 2.63. The first-order chi connectivity index (χ1) is 10.7. The number of methoxy groups -OCH3 is 2. The van der Waals surface area contributed by atoms with E-state index in [1.165, 1.54) is 0 Å². The van der Waals surface area contributed by atoms with Crippen molar-refractivity contribution in [1.29, 1.82) is 0 Å². The Morgan fingerprint density at radius 2 is 1.05 bits per heavy atom. The van der Waals surface area contributed by atoms with Crippen LogP contribution in [0.1, 0.15) is 0 Å². The van der Waals surface area contributed by atoms with Gasteiger partial charge in [-0.1, -0.05) is 0 Å². The Hall–Kier alpha value is -2.53. The van der Waals surface area contributed by atoms with E-state index in [4.69, 9.17) is 21.7 Å². The maximum atomic E-state index is 5.58. The quantitative estimate of drug-likeness (QED) is 0.681. The van der Waals surface area contributed by atoms with Crippen LogP contribution in [0.15, 0.2) is 60.9 Å². The van der Waals surface area contributed by atoms with Crippen LogP contribution in [-0.2, 0) is 0 Å². The molecule has 22 heavy (non-hydrogen) atoms. The van der Waals surface area contributed by atoms with Gasteiger partial charge in [0, 0.05) is 23.8 Å². The Morgan fingerprint density at radius 3 is 1.36 bits per heavy atom. The lowest BCUT2D eigenvalue weighted by Crippen LogP contribution is -1.97. The van der Waals surface area contributed by atoms with Crippen LogP contribution in [0.2, 0.25) is 0 Å². The number of benzene rings is 2. The van der Waals surface area contributed by atoms with Crippen LogP contribution in [0.4, 0.5) is 0 Å². The fraction of sp³-hybridized carbons (Fsp3) is 0.118. The lowest BCUT2D eigenvalue weighted by Gasteiger charge is -2.06. The van der Waals surface area contributed by atoms with E-state index in [-0.39, 0.29) is 0 Å². The van der Waals surface area contributed by atoms with Crippen molar-refractivity contribution in [2.45, 2.75) is 0 Å². The van der Waals surface area contributed by atoms with E-state index in [1.807, 2.05) is 70.1 Å². The summed E-state index contributed by atoms with van der Waals surface area (Å²) in [4.78, 5) is 0. The molecule has 0 bridgehead atoms. The second-order valence-electron chi connectivity index (χ2n) is 4.72. The molecule has 0 unspecified atom stereocenters. The topological polar surface area (TPSA) is 28.3 Å². The fourth-order valence-electron chi connectivity index (χ4n) is 2.26. The van der Waals surface area contributed by atoms with Gasteiger partial charge < -0.3 is 9.47 Å². The SMILES string of the molecule is COc1ccc(-n2ccn(-c3ccc(OC)cc3)c2=S)cc1. The van der Waals surface area contributed by atoms with Crippen LogP contribution in [0.25, 0.3) is 11.4 Å². The Labute approximate surface area is 134 Å². The van der Waals surface area contributed by atoms with Gasteiger partial charge in [0.25, 0.3) is 0 Å². The molecular formula is C17H16N2O2S. The van der Waals surface area contributed by atoms with Gasteiger partial charge in [-0.25, -0.2) is 0 Å². The van der Waals surface area contributed by atoms with Crippen LogP contribution in [-0.4, -0.2) is 23.4 Å². The third-order valence-electron chi connectivity index (χ3n) is 3.48. The molecule has 3 aromatic rings. The maximum Gasteiger partial charge on any atom is 0.189 e. The van der Waals surface area contributed by atoms with Gasteiger partial charge >= 0.3 is 0 Å². The zero-order valence-corrected chi connectivity index (χ0v) is 13.2. The average molecular weight is 312 g/mol. The van der Waals surface area contributed by atoms with Gasteiger partial charge in [0.1, 0.15) is 11.5 Å². The van der Waals surface area contributed by atoms with Crippen LogP contribution in [0, 0.1) is 4.77 Å². The highest BCUT2D eigenvalue weighted by Crippen LogP contribution is 2.19. The summed E-state index contributed by atoms with van der Waals surface area (Å²) < 4.78 is 15.0. The van der Waals surface area contributed by atoms with Gasteiger partial charge in [0.05, 0.1) is 14.2 Å². The maximum absolute atomic E-state index is 5.58. The van der Waals surface area contributed by atoms with E-state index in [0.717, 1.165) is 22.9 Å². The highest BCUT2D eigenvalue weighted by Gasteiger charge is 2.05. The predicted octanol–water partition coefficient (Wildman–Crippen LogP) is 4.01. The molecule has 0 radical (unpaired) electrons. The molecule has 0 saturated heterocycles. The molecule has 0 fully saturated rings. The molecule has 1 aromatic heterocycles. The first kappa shape index (κ1) is 14.4. The molecule has 112 valence electrons. The highest BCUT2D eigenvalue weighted by atomic mass is 32.1. The minimum atomic E-state index is 0.704. The summed E-state index contributed by atoms with van der Waals surface area (Å²) >= 11 is 5.58. The monoisotopic (exact) mass is 312 g/mol. The van der Waals surface area contributed by atoms with Gasteiger partial charge in [-0.3, -0.25) is 9.13 Å². The molecule has 0 aliphatic heterocycles. The van der Waals surface area contributed by atoms with Crippen molar-refractivity contribution < 1.29 is 9.47 Å². The van der Waals surface area contributed by atoms with Gasteiger partial charge in [0.2, 0.25) is 0 Å². The number of rotatable bonds is 4. The molecule has 0 saturated carbocycles. The molecule has 2 aromatic carbocycles. The zero-order valence-electron chi connectivity index (χ0n) is 12.4. The molecular weight excluding hydrogens is 296 g/mol. The minimum Gasteiger partial charge on any atom is -0.497 e. The van der Waals surface area contributed by atoms with Crippen LogP contribution in [0.3, 0.4) is 0 Å². The normalized spacial score (nSPS) is 10.5. The van der Waals surface area contributed by atoms with Crippen LogP contribution >= 0.6 is 12.2 Å². The first-order valence-electron chi connectivity index (χ1n) is 6.82. The lowest BCUT2D eigenvalue weighted by molar-refractivity contribution is 0.414. The molecule has 0 aliphatic carbocycles. The summed E-state index contributed by atoms with van der Waals surface area (Å²) in [6.07, 6.45) is 3.91. The van der Waals surface area contributed by atoms with Crippen molar-refractivity contribution in [2.24, 2.45) is 0 Å². The molecule has 0 aliphatic rings. The Balaban J connectivity index is 1.98. The van der Waals surface area contributed by atoms with E-state index in [1.54, 1.807) is 14.2 Å². The Kier molecular flexibility index (Phi) is 3.98. The van der Waals surface area contributed by atoms with Crippen molar-refractivity contribution in [2.75, 3.05) is 14.2 Å². The van der Waals surface area contributed by atoms with E-state index in [9.17, 15) is 0 Å². The fourth-order valence-corrected chi connectivity index (χ4v) is 2.59. The second kappa shape index (κ2) is 6.07. The van der Waals surface area contributed by atoms with Crippen LogP contribution in [0.5, 0.6) is 11.5 Å². The largest absolute Gasteiger partial charge is 0.497 e. The summed E-state index contributed by atoms with van der Waals surface area (Å²) in [5.41, 5.74) is 2.00. The third-order valence-corrected chi connectivity index (χ3v) is 3.87. The number of hydrogen-bond acceptors (Lipinski definition) is 3. The molecule has 5 heteroatoms. The van der Waals surface area contributed by atoms with Crippen molar-refractivity contribution >= 4 is 12.2 Å². The number of aromatic nitrogens is 2.